The number of hydrogen-bond acceptors (Lipinski definition) is 2. The topological polar surface area (TPSA) is 26.3 Å². The van der Waals surface area contributed by atoms with Crippen molar-refractivity contribution in [1.29, 1.82) is 0 Å². The van der Waals surface area contributed by atoms with Crippen LogP contribution in [0.3, 0.4) is 0 Å². The molecule has 0 aliphatic heterocycles. The van der Waals surface area contributed by atoms with Crippen LogP contribution in [0.1, 0.15) is 6.92 Å². The van der Waals surface area contributed by atoms with Gasteiger partial charge in [-0.05, 0) is 6.92 Å². The van der Waals surface area contributed by atoms with Crippen LogP contribution in [0.25, 0.3) is 0 Å². The van der Waals surface area contributed by atoms with Gasteiger partial charge in [-0.15, -0.1) is 0 Å². The summed E-state index contributed by atoms with van der Waals surface area (Å²) in [7, 11) is 0.422. The van der Waals surface area contributed by atoms with Gasteiger partial charge in [0.15, 0.2) is 0 Å². The van der Waals surface area contributed by atoms with Gasteiger partial charge in [-0.25, -0.2) is 4.79 Å². The molecular formula is C5H9BO2. The van der Waals surface area contributed by atoms with E-state index in [1.54, 1.807) is 13.7 Å². The van der Waals surface area contributed by atoms with Gasteiger partial charge in [-0.1, -0.05) is 13.4 Å². The predicted molar refractivity (Wildman–Crippen MR) is 33.9 cm³/mol. The van der Waals surface area contributed by atoms with Crippen LogP contribution in [0, 0.1) is 0 Å². The molecule has 2 nitrogen and oxygen atoms in total. The summed E-state index contributed by atoms with van der Waals surface area (Å²) in [4.78, 5) is 10.4. The minimum Gasteiger partial charge on any atom is -0.537 e. The molecule has 0 aromatic heterocycles. The lowest BCUT2D eigenvalue weighted by Crippen LogP contribution is -2.05. The van der Waals surface area contributed by atoms with Gasteiger partial charge in [0.2, 0.25) is 0 Å². The molecule has 8 heavy (non-hydrogen) atoms. The van der Waals surface area contributed by atoms with E-state index in [-0.39, 0.29) is 5.97 Å². The lowest BCUT2D eigenvalue weighted by Gasteiger charge is -1.96. The van der Waals surface area contributed by atoms with Gasteiger partial charge in [0, 0.05) is 5.57 Å². The zero-order valence-corrected chi connectivity index (χ0v) is 5.23. The normalized spacial score (nSPS) is 7.75. The number of rotatable bonds is 2. The fourth-order valence-electron chi connectivity index (χ4n) is 0.254. The summed E-state index contributed by atoms with van der Waals surface area (Å²) < 4.78 is 4.56. The Kier molecular flexibility index (Phi) is 3.00. The van der Waals surface area contributed by atoms with Crippen LogP contribution in [-0.4, -0.2) is 13.5 Å². The van der Waals surface area contributed by atoms with Gasteiger partial charge in [0.1, 0.15) is 0 Å². The van der Waals surface area contributed by atoms with Gasteiger partial charge in [0.25, 0.3) is 0 Å². The quantitative estimate of drug-likeness (QED) is 0.384. The third-order valence-electron chi connectivity index (χ3n) is 0.624. The minimum atomic E-state index is -0.312. The molecule has 0 aromatic carbocycles. The van der Waals surface area contributed by atoms with Crippen molar-refractivity contribution in [1.82, 2.24) is 0 Å². The number of carbonyl (C=O) groups excluding carboxylic acids is 1. The summed E-state index contributed by atoms with van der Waals surface area (Å²) in [5.74, 6) is -0.312. The Bertz CT molecular complexity index is 109. The first-order valence-corrected chi connectivity index (χ1v) is 2.51. The second-order valence-electron chi connectivity index (χ2n) is 1.50. The Morgan fingerprint density at radius 3 is 2.38 bits per heavy atom. The molecule has 44 valence electrons. The van der Waals surface area contributed by atoms with Crippen LogP contribution in [0.4, 0.5) is 0 Å². The first-order chi connectivity index (χ1) is 3.68. The highest BCUT2D eigenvalue weighted by molar-refractivity contribution is 6.29. The third-order valence-corrected chi connectivity index (χ3v) is 0.624. The van der Waals surface area contributed by atoms with E-state index >= 15 is 0 Å². The molecule has 0 aromatic rings. The first-order valence-electron chi connectivity index (χ1n) is 2.51. The highest BCUT2D eigenvalue weighted by atomic mass is 16.5. The Balaban J connectivity index is 3.49. The van der Waals surface area contributed by atoms with Crippen LogP contribution in [0.2, 0.25) is 6.82 Å². The van der Waals surface area contributed by atoms with E-state index in [2.05, 4.69) is 11.2 Å². The van der Waals surface area contributed by atoms with Gasteiger partial charge in [-0.3, -0.25) is 0 Å². The molecule has 0 atom stereocenters. The van der Waals surface area contributed by atoms with Gasteiger partial charge in [-0.2, -0.15) is 0 Å². The predicted octanol–water partition coefficient (Wildman–Crippen LogP) is 0.505. The molecule has 0 fully saturated rings. The van der Waals surface area contributed by atoms with Gasteiger partial charge >= 0.3 is 13.5 Å². The Labute approximate surface area is 49.8 Å². The Morgan fingerprint density at radius 2 is 2.25 bits per heavy atom. The molecule has 0 saturated heterocycles. The van der Waals surface area contributed by atoms with Crippen molar-refractivity contribution in [2.75, 3.05) is 0 Å². The van der Waals surface area contributed by atoms with Crippen molar-refractivity contribution < 1.29 is 9.45 Å². The molecule has 0 unspecified atom stereocenters. The molecule has 0 aliphatic carbocycles. The van der Waals surface area contributed by atoms with E-state index < -0.39 is 0 Å². The molecular weight excluding hydrogens is 103 g/mol. The molecule has 0 radical (unpaired) electrons. The third kappa shape index (κ3) is 2.45. The smallest absolute Gasteiger partial charge is 0.341 e. The van der Waals surface area contributed by atoms with Crippen molar-refractivity contribution in [2.24, 2.45) is 0 Å². The second-order valence-corrected chi connectivity index (χ2v) is 1.50. The molecule has 3 heteroatoms. The highest BCUT2D eigenvalue weighted by Crippen LogP contribution is 1.88. The van der Waals surface area contributed by atoms with Crippen LogP contribution < -0.4 is 0 Å². The summed E-state index contributed by atoms with van der Waals surface area (Å²) in [5, 5.41) is 0. The second kappa shape index (κ2) is 3.30. The van der Waals surface area contributed by atoms with E-state index in [9.17, 15) is 4.79 Å². The molecule has 0 saturated carbocycles. The maximum atomic E-state index is 10.4. The summed E-state index contributed by atoms with van der Waals surface area (Å²) in [6, 6.07) is 0. The maximum Gasteiger partial charge on any atom is 0.341 e. The largest absolute Gasteiger partial charge is 0.537 e. The highest BCUT2D eigenvalue weighted by Gasteiger charge is 1.98. The minimum absolute atomic E-state index is 0.312. The standard InChI is InChI=1S/C5H9BO2/c1-4(2)5(7)8-6-3/h6H,1H2,2-3H3. The molecule has 0 N–H and O–H groups in total. The summed E-state index contributed by atoms with van der Waals surface area (Å²) in [6.07, 6.45) is 0. The van der Waals surface area contributed by atoms with E-state index in [0.717, 1.165) is 0 Å². The average Bonchev–Trinajstić information content (AvgIpc) is 1.67. The van der Waals surface area contributed by atoms with E-state index in [1.165, 1.54) is 0 Å². The van der Waals surface area contributed by atoms with Crippen LogP contribution in [-0.2, 0) is 9.45 Å². The average molecular weight is 112 g/mol. The van der Waals surface area contributed by atoms with E-state index in [0.29, 0.717) is 13.1 Å². The van der Waals surface area contributed by atoms with Crippen molar-refractivity contribution >= 4 is 13.5 Å². The monoisotopic (exact) mass is 112 g/mol. The fraction of sp³-hybridized carbons (Fsp3) is 0.400. The Hall–Kier alpha value is -0.725. The van der Waals surface area contributed by atoms with Crippen molar-refractivity contribution in [2.45, 2.75) is 13.7 Å². The van der Waals surface area contributed by atoms with Gasteiger partial charge < -0.3 is 4.65 Å². The zero-order chi connectivity index (χ0) is 6.57. The molecule has 0 bridgehead atoms. The van der Waals surface area contributed by atoms with Crippen LogP contribution in [0.15, 0.2) is 12.2 Å². The molecule has 0 heterocycles. The van der Waals surface area contributed by atoms with Gasteiger partial charge in [0.05, 0.1) is 0 Å². The van der Waals surface area contributed by atoms with Crippen LogP contribution >= 0.6 is 0 Å². The zero-order valence-electron chi connectivity index (χ0n) is 5.23. The van der Waals surface area contributed by atoms with E-state index in [4.69, 9.17) is 0 Å². The molecule has 0 rings (SSSR count). The number of carbonyl (C=O) groups is 1. The fourth-order valence-corrected chi connectivity index (χ4v) is 0.254. The molecule has 0 amide bonds. The maximum absolute atomic E-state index is 10.4. The lowest BCUT2D eigenvalue weighted by atomic mass is 10.1. The van der Waals surface area contributed by atoms with E-state index in [1.807, 2.05) is 0 Å². The lowest BCUT2D eigenvalue weighted by molar-refractivity contribution is -0.130. The number of hydrogen-bond donors (Lipinski definition) is 0. The van der Waals surface area contributed by atoms with Crippen molar-refractivity contribution in [3.05, 3.63) is 12.2 Å². The summed E-state index contributed by atoms with van der Waals surface area (Å²) >= 11 is 0. The molecule has 0 spiro atoms. The Morgan fingerprint density at radius 1 is 1.75 bits per heavy atom. The SMILES string of the molecule is C=C(C)C(=O)OBC. The van der Waals surface area contributed by atoms with Crippen LogP contribution in [0.5, 0.6) is 0 Å². The first kappa shape index (κ1) is 7.27. The summed E-state index contributed by atoms with van der Waals surface area (Å²) in [6.45, 7) is 6.79. The summed E-state index contributed by atoms with van der Waals surface area (Å²) in [5.41, 5.74) is 0.451. The van der Waals surface area contributed by atoms with Crippen molar-refractivity contribution in [3.8, 4) is 0 Å². The molecule has 0 aliphatic rings. The van der Waals surface area contributed by atoms with Crippen molar-refractivity contribution in [3.63, 3.8) is 0 Å².